The molecule has 1 fully saturated rings. The molecule has 0 N–H and O–H groups in total. The molecular formula is C9H11NO3. The standard InChI is InChI=1S/C9H11NO3/c1-12-9(11)8(5-10)4-7-2-3-13-6-7/h4,7H,2-3,6H2,1H3/b8-4-. The van der Waals surface area contributed by atoms with Crippen LogP contribution < -0.4 is 0 Å². The van der Waals surface area contributed by atoms with E-state index < -0.39 is 5.97 Å². The van der Waals surface area contributed by atoms with Gasteiger partial charge in [0.15, 0.2) is 0 Å². The zero-order valence-electron chi connectivity index (χ0n) is 7.45. The fourth-order valence-electron chi connectivity index (χ4n) is 1.18. The maximum absolute atomic E-state index is 11.0. The molecule has 1 aliphatic rings. The normalized spacial score (nSPS) is 22.5. The third kappa shape index (κ3) is 2.56. The van der Waals surface area contributed by atoms with Gasteiger partial charge in [-0.1, -0.05) is 6.08 Å². The third-order valence-electron chi connectivity index (χ3n) is 1.89. The number of nitrogens with zero attached hydrogens (tertiary/aromatic N) is 1. The highest BCUT2D eigenvalue weighted by Gasteiger charge is 2.17. The molecule has 70 valence electrons. The molecule has 0 aliphatic carbocycles. The van der Waals surface area contributed by atoms with E-state index in [2.05, 4.69) is 4.74 Å². The van der Waals surface area contributed by atoms with Crippen molar-refractivity contribution in [2.45, 2.75) is 6.42 Å². The van der Waals surface area contributed by atoms with Crippen molar-refractivity contribution in [3.63, 3.8) is 0 Å². The lowest BCUT2D eigenvalue weighted by Crippen LogP contribution is -2.06. The van der Waals surface area contributed by atoms with E-state index in [1.807, 2.05) is 6.07 Å². The second-order valence-electron chi connectivity index (χ2n) is 2.81. The maximum Gasteiger partial charge on any atom is 0.348 e. The van der Waals surface area contributed by atoms with Gasteiger partial charge < -0.3 is 9.47 Å². The summed E-state index contributed by atoms with van der Waals surface area (Å²) < 4.78 is 9.55. The summed E-state index contributed by atoms with van der Waals surface area (Å²) in [4.78, 5) is 11.0. The molecule has 0 radical (unpaired) electrons. The number of hydrogen-bond donors (Lipinski definition) is 0. The number of esters is 1. The van der Waals surface area contributed by atoms with Gasteiger partial charge in [-0.05, 0) is 6.42 Å². The number of rotatable bonds is 2. The lowest BCUT2D eigenvalue weighted by Gasteiger charge is -2.00. The van der Waals surface area contributed by atoms with Crippen LogP contribution in [0.15, 0.2) is 11.6 Å². The van der Waals surface area contributed by atoms with Gasteiger partial charge >= 0.3 is 5.97 Å². The predicted octanol–water partition coefficient (Wildman–Crippen LogP) is 0.646. The average Bonchev–Trinajstić information content (AvgIpc) is 2.65. The number of carbonyl (C=O) groups excluding carboxylic acids is 1. The van der Waals surface area contributed by atoms with Crippen molar-refractivity contribution in [2.24, 2.45) is 5.92 Å². The van der Waals surface area contributed by atoms with E-state index in [0.717, 1.165) is 6.42 Å². The molecule has 1 saturated heterocycles. The largest absolute Gasteiger partial charge is 0.465 e. The molecule has 13 heavy (non-hydrogen) atoms. The quantitative estimate of drug-likeness (QED) is 0.356. The first-order valence-electron chi connectivity index (χ1n) is 4.06. The molecule has 4 heteroatoms. The van der Waals surface area contributed by atoms with Crippen LogP contribution in [-0.4, -0.2) is 26.3 Å². The van der Waals surface area contributed by atoms with E-state index in [1.54, 1.807) is 6.08 Å². The topological polar surface area (TPSA) is 59.3 Å². The van der Waals surface area contributed by atoms with Crippen molar-refractivity contribution < 1.29 is 14.3 Å². The van der Waals surface area contributed by atoms with Gasteiger partial charge in [-0.2, -0.15) is 5.26 Å². The van der Waals surface area contributed by atoms with E-state index in [-0.39, 0.29) is 11.5 Å². The summed E-state index contributed by atoms with van der Waals surface area (Å²) in [6.07, 6.45) is 2.49. The maximum atomic E-state index is 11.0. The predicted molar refractivity (Wildman–Crippen MR) is 44.6 cm³/mol. The van der Waals surface area contributed by atoms with Crippen LogP contribution in [0, 0.1) is 17.2 Å². The number of ether oxygens (including phenoxy) is 2. The summed E-state index contributed by atoms with van der Waals surface area (Å²) in [7, 11) is 1.26. The Kier molecular flexibility index (Phi) is 3.47. The summed E-state index contributed by atoms with van der Waals surface area (Å²) in [6, 6.07) is 1.81. The van der Waals surface area contributed by atoms with E-state index in [4.69, 9.17) is 10.00 Å². The second-order valence-corrected chi connectivity index (χ2v) is 2.81. The molecule has 0 aromatic heterocycles. The van der Waals surface area contributed by atoms with Crippen LogP contribution in [-0.2, 0) is 14.3 Å². The van der Waals surface area contributed by atoms with Gasteiger partial charge in [-0.15, -0.1) is 0 Å². The Morgan fingerprint density at radius 1 is 1.77 bits per heavy atom. The van der Waals surface area contributed by atoms with Gasteiger partial charge in [0, 0.05) is 12.5 Å². The molecule has 0 spiro atoms. The van der Waals surface area contributed by atoms with Crippen LogP contribution in [0.2, 0.25) is 0 Å². The Morgan fingerprint density at radius 2 is 2.54 bits per heavy atom. The lowest BCUT2D eigenvalue weighted by atomic mass is 10.1. The first kappa shape index (κ1) is 9.75. The van der Waals surface area contributed by atoms with Gasteiger partial charge in [0.25, 0.3) is 0 Å². The fraction of sp³-hybridized carbons (Fsp3) is 0.556. The molecule has 1 unspecified atom stereocenters. The van der Waals surface area contributed by atoms with Crippen LogP contribution >= 0.6 is 0 Å². The van der Waals surface area contributed by atoms with Crippen molar-refractivity contribution in [2.75, 3.05) is 20.3 Å². The highest BCUT2D eigenvalue weighted by molar-refractivity contribution is 5.92. The molecule has 1 rings (SSSR count). The number of hydrogen-bond acceptors (Lipinski definition) is 4. The van der Waals surface area contributed by atoms with Crippen molar-refractivity contribution in [3.8, 4) is 6.07 Å². The summed E-state index contributed by atoms with van der Waals surface area (Å²) in [5, 5.41) is 8.63. The Bertz CT molecular complexity index is 259. The van der Waals surface area contributed by atoms with Crippen molar-refractivity contribution in [1.29, 1.82) is 5.26 Å². The summed E-state index contributed by atoms with van der Waals surface area (Å²) in [5.41, 5.74) is 0.0676. The van der Waals surface area contributed by atoms with Crippen LogP contribution in [0.1, 0.15) is 6.42 Å². The molecule has 0 aromatic rings. The van der Waals surface area contributed by atoms with E-state index >= 15 is 0 Å². The zero-order valence-corrected chi connectivity index (χ0v) is 7.45. The molecular weight excluding hydrogens is 170 g/mol. The SMILES string of the molecule is COC(=O)/C(C#N)=C\C1CCOC1. The molecule has 0 saturated carbocycles. The average molecular weight is 181 g/mol. The molecule has 1 aliphatic heterocycles. The van der Waals surface area contributed by atoms with Crippen molar-refractivity contribution >= 4 is 5.97 Å². The van der Waals surface area contributed by atoms with E-state index in [1.165, 1.54) is 7.11 Å². The van der Waals surface area contributed by atoms with Crippen LogP contribution in [0.3, 0.4) is 0 Å². The molecule has 1 heterocycles. The Hall–Kier alpha value is -1.34. The van der Waals surface area contributed by atoms with Crippen LogP contribution in [0.5, 0.6) is 0 Å². The van der Waals surface area contributed by atoms with Gasteiger partial charge in [0.2, 0.25) is 0 Å². The highest BCUT2D eigenvalue weighted by atomic mass is 16.5. The first-order chi connectivity index (χ1) is 6.27. The second kappa shape index (κ2) is 4.63. The highest BCUT2D eigenvalue weighted by Crippen LogP contribution is 2.15. The van der Waals surface area contributed by atoms with Gasteiger partial charge in [-0.3, -0.25) is 0 Å². The minimum atomic E-state index is -0.575. The molecule has 0 bridgehead atoms. The van der Waals surface area contributed by atoms with Crippen molar-refractivity contribution in [1.82, 2.24) is 0 Å². The summed E-state index contributed by atoms with van der Waals surface area (Å²) in [5.74, 6) is -0.400. The Balaban J connectivity index is 2.65. The smallest absolute Gasteiger partial charge is 0.348 e. The van der Waals surface area contributed by atoms with Crippen LogP contribution in [0.4, 0.5) is 0 Å². The molecule has 4 nitrogen and oxygen atoms in total. The first-order valence-corrected chi connectivity index (χ1v) is 4.06. The van der Waals surface area contributed by atoms with E-state index in [9.17, 15) is 4.79 Å². The molecule has 1 atom stereocenters. The van der Waals surface area contributed by atoms with Crippen molar-refractivity contribution in [3.05, 3.63) is 11.6 Å². The number of nitriles is 1. The Morgan fingerprint density at radius 3 is 3.00 bits per heavy atom. The fourth-order valence-corrected chi connectivity index (χ4v) is 1.18. The van der Waals surface area contributed by atoms with Gasteiger partial charge in [0.1, 0.15) is 11.6 Å². The molecule has 0 amide bonds. The number of carbonyl (C=O) groups is 1. The summed E-state index contributed by atoms with van der Waals surface area (Å²) in [6.45, 7) is 1.28. The minimum absolute atomic E-state index is 0.0676. The third-order valence-corrected chi connectivity index (χ3v) is 1.89. The Labute approximate surface area is 76.7 Å². The van der Waals surface area contributed by atoms with Crippen LogP contribution in [0.25, 0.3) is 0 Å². The molecule has 0 aromatic carbocycles. The number of methoxy groups -OCH3 is 1. The zero-order chi connectivity index (χ0) is 9.68. The summed E-state index contributed by atoms with van der Waals surface area (Å²) >= 11 is 0. The minimum Gasteiger partial charge on any atom is -0.465 e. The lowest BCUT2D eigenvalue weighted by molar-refractivity contribution is -0.135. The van der Waals surface area contributed by atoms with Gasteiger partial charge in [0.05, 0.1) is 13.7 Å². The monoisotopic (exact) mass is 181 g/mol. The van der Waals surface area contributed by atoms with E-state index in [0.29, 0.717) is 13.2 Å². The van der Waals surface area contributed by atoms with Gasteiger partial charge in [-0.25, -0.2) is 4.79 Å².